The van der Waals surface area contributed by atoms with Crippen LogP contribution in [0.1, 0.15) is 79.6 Å². The van der Waals surface area contributed by atoms with Crippen LogP contribution in [0.4, 0.5) is 0 Å². The molecule has 0 saturated carbocycles. The number of allylic oxidation sites excluding steroid dienone is 4. The Balaban J connectivity index is 1.90. The van der Waals surface area contributed by atoms with Gasteiger partial charge >= 0.3 is 0 Å². The molecule has 0 aromatic heterocycles. The lowest BCUT2D eigenvalue weighted by Crippen LogP contribution is -2.29. The number of rotatable bonds is 5. The third kappa shape index (κ3) is 3.77. The van der Waals surface area contributed by atoms with Crippen molar-refractivity contribution in [1.82, 2.24) is 0 Å². The molecule has 0 N–H and O–H groups in total. The summed E-state index contributed by atoms with van der Waals surface area (Å²) in [6.45, 7) is 12.2. The van der Waals surface area contributed by atoms with Crippen LogP contribution in [-0.2, 0) is 0 Å². The number of hydrogen-bond donors (Lipinski definition) is 0. The SMILES string of the molecule is CCC1=CCC(C(C)CC(C)(C)C2CCC=C(C)C2)C1. The van der Waals surface area contributed by atoms with Crippen molar-refractivity contribution in [3.8, 4) is 0 Å². The maximum Gasteiger partial charge on any atom is -0.0286 e. The second-order valence-electron chi connectivity index (χ2n) is 8.11. The van der Waals surface area contributed by atoms with Crippen LogP contribution in [0.25, 0.3) is 0 Å². The highest BCUT2D eigenvalue weighted by atomic mass is 14.4. The zero-order chi connectivity index (χ0) is 14.8. The van der Waals surface area contributed by atoms with Crippen LogP contribution in [0, 0.1) is 23.2 Å². The van der Waals surface area contributed by atoms with E-state index in [-0.39, 0.29) is 0 Å². The smallest absolute Gasteiger partial charge is 0.0286 e. The molecule has 0 aliphatic heterocycles. The van der Waals surface area contributed by atoms with Crippen LogP contribution in [0.2, 0.25) is 0 Å². The van der Waals surface area contributed by atoms with E-state index in [9.17, 15) is 0 Å². The van der Waals surface area contributed by atoms with E-state index in [1.54, 1.807) is 11.1 Å². The van der Waals surface area contributed by atoms with Crippen molar-refractivity contribution in [3.63, 3.8) is 0 Å². The quantitative estimate of drug-likeness (QED) is 0.500. The van der Waals surface area contributed by atoms with Crippen LogP contribution in [0.3, 0.4) is 0 Å². The minimum absolute atomic E-state index is 0.504. The Bertz CT molecular complexity index is 383. The summed E-state index contributed by atoms with van der Waals surface area (Å²) in [6.07, 6.45) is 14.4. The summed E-state index contributed by atoms with van der Waals surface area (Å²) in [7, 11) is 0. The fourth-order valence-electron chi connectivity index (χ4n) is 4.48. The summed E-state index contributed by atoms with van der Waals surface area (Å²) in [6, 6.07) is 0. The van der Waals surface area contributed by atoms with Gasteiger partial charge in [0.15, 0.2) is 0 Å². The first-order chi connectivity index (χ1) is 9.42. The molecule has 0 aromatic rings. The molecule has 3 atom stereocenters. The molecule has 0 fully saturated rings. The molecule has 114 valence electrons. The fraction of sp³-hybridized carbons (Fsp3) is 0.800. The molecule has 0 bridgehead atoms. The standard InChI is InChI=1S/C20H34/c1-6-17-10-11-18(13-17)16(3)14-20(4,5)19-9-7-8-15(2)12-19/h8,10,16,18-19H,6-7,9,11-14H2,1-5H3. The lowest BCUT2D eigenvalue weighted by atomic mass is 9.66. The van der Waals surface area contributed by atoms with Crippen molar-refractivity contribution < 1.29 is 0 Å². The predicted octanol–water partition coefficient (Wildman–Crippen LogP) is 6.53. The molecule has 0 amide bonds. The predicted molar refractivity (Wildman–Crippen MR) is 89.8 cm³/mol. The van der Waals surface area contributed by atoms with Gasteiger partial charge in [-0.1, -0.05) is 51.0 Å². The van der Waals surface area contributed by atoms with E-state index in [0.717, 1.165) is 17.8 Å². The van der Waals surface area contributed by atoms with Crippen LogP contribution in [-0.4, -0.2) is 0 Å². The largest absolute Gasteiger partial charge is 0.0856 e. The highest BCUT2D eigenvalue weighted by Crippen LogP contribution is 2.45. The molecule has 0 aromatic carbocycles. The third-order valence-electron chi connectivity index (χ3n) is 6.02. The van der Waals surface area contributed by atoms with Crippen molar-refractivity contribution >= 4 is 0 Å². The first kappa shape index (κ1) is 15.9. The van der Waals surface area contributed by atoms with Crippen LogP contribution in [0.5, 0.6) is 0 Å². The summed E-state index contributed by atoms with van der Waals surface area (Å²) >= 11 is 0. The van der Waals surface area contributed by atoms with Gasteiger partial charge in [0.2, 0.25) is 0 Å². The number of hydrogen-bond acceptors (Lipinski definition) is 0. The minimum atomic E-state index is 0.504. The molecule has 0 radical (unpaired) electrons. The summed E-state index contributed by atoms with van der Waals surface area (Å²) in [4.78, 5) is 0. The molecular weight excluding hydrogens is 240 g/mol. The van der Waals surface area contributed by atoms with E-state index >= 15 is 0 Å². The Kier molecular flexibility index (Phi) is 5.15. The molecule has 0 spiro atoms. The second kappa shape index (κ2) is 6.50. The molecule has 2 aliphatic carbocycles. The Hall–Kier alpha value is -0.520. The van der Waals surface area contributed by atoms with Gasteiger partial charge in [-0.3, -0.25) is 0 Å². The van der Waals surface area contributed by atoms with E-state index in [4.69, 9.17) is 0 Å². The lowest BCUT2D eigenvalue weighted by Gasteiger charge is -2.40. The van der Waals surface area contributed by atoms with Crippen molar-refractivity contribution in [3.05, 3.63) is 23.3 Å². The first-order valence-electron chi connectivity index (χ1n) is 8.76. The van der Waals surface area contributed by atoms with Crippen LogP contribution >= 0.6 is 0 Å². The summed E-state index contributed by atoms with van der Waals surface area (Å²) in [5.41, 5.74) is 3.83. The molecule has 3 unspecified atom stereocenters. The Morgan fingerprint density at radius 3 is 2.60 bits per heavy atom. The van der Waals surface area contributed by atoms with Crippen molar-refractivity contribution in [2.24, 2.45) is 23.2 Å². The maximum absolute atomic E-state index is 2.52. The van der Waals surface area contributed by atoms with Gasteiger partial charge in [-0.2, -0.15) is 0 Å². The van der Waals surface area contributed by atoms with E-state index in [1.807, 2.05) is 0 Å². The maximum atomic E-state index is 2.52. The molecular formula is C20H34. The first-order valence-corrected chi connectivity index (χ1v) is 8.76. The van der Waals surface area contributed by atoms with Gasteiger partial charge < -0.3 is 0 Å². The molecule has 0 heteroatoms. The van der Waals surface area contributed by atoms with Gasteiger partial charge in [0, 0.05) is 0 Å². The van der Waals surface area contributed by atoms with Gasteiger partial charge in [-0.05, 0) is 75.0 Å². The van der Waals surface area contributed by atoms with E-state index in [2.05, 4.69) is 46.8 Å². The highest BCUT2D eigenvalue weighted by molar-refractivity contribution is 5.10. The van der Waals surface area contributed by atoms with E-state index in [0.29, 0.717) is 5.41 Å². The van der Waals surface area contributed by atoms with Crippen molar-refractivity contribution in [2.75, 3.05) is 0 Å². The second-order valence-corrected chi connectivity index (χ2v) is 8.11. The van der Waals surface area contributed by atoms with Crippen molar-refractivity contribution in [2.45, 2.75) is 79.6 Å². The van der Waals surface area contributed by atoms with Gasteiger partial charge in [-0.15, -0.1) is 0 Å². The molecule has 2 rings (SSSR count). The third-order valence-corrected chi connectivity index (χ3v) is 6.02. The molecule has 20 heavy (non-hydrogen) atoms. The molecule has 0 saturated heterocycles. The van der Waals surface area contributed by atoms with Crippen LogP contribution in [0.15, 0.2) is 23.3 Å². The molecule has 2 aliphatic rings. The van der Waals surface area contributed by atoms with Crippen molar-refractivity contribution in [1.29, 1.82) is 0 Å². The average Bonchev–Trinajstić information content (AvgIpc) is 2.87. The zero-order valence-electron chi connectivity index (χ0n) is 14.3. The Morgan fingerprint density at radius 1 is 1.25 bits per heavy atom. The highest BCUT2D eigenvalue weighted by Gasteiger charge is 2.34. The lowest BCUT2D eigenvalue weighted by molar-refractivity contribution is 0.131. The zero-order valence-corrected chi connectivity index (χ0v) is 14.3. The van der Waals surface area contributed by atoms with Gasteiger partial charge in [0.05, 0.1) is 0 Å². The van der Waals surface area contributed by atoms with Gasteiger partial charge in [0.25, 0.3) is 0 Å². The summed E-state index contributed by atoms with van der Waals surface area (Å²) in [5.74, 6) is 2.69. The van der Waals surface area contributed by atoms with E-state index < -0.39 is 0 Å². The van der Waals surface area contributed by atoms with Crippen LogP contribution < -0.4 is 0 Å². The topological polar surface area (TPSA) is 0 Å². The Morgan fingerprint density at radius 2 is 2.00 bits per heavy atom. The normalized spacial score (nSPS) is 29.1. The van der Waals surface area contributed by atoms with Gasteiger partial charge in [-0.25, -0.2) is 0 Å². The molecule has 0 heterocycles. The van der Waals surface area contributed by atoms with Gasteiger partial charge in [0.1, 0.15) is 0 Å². The monoisotopic (exact) mass is 274 g/mol. The average molecular weight is 274 g/mol. The minimum Gasteiger partial charge on any atom is -0.0856 e. The summed E-state index contributed by atoms with van der Waals surface area (Å²) < 4.78 is 0. The molecule has 0 nitrogen and oxygen atoms in total. The summed E-state index contributed by atoms with van der Waals surface area (Å²) in [5, 5.41) is 0. The van der Waals surface area contributed by atoms with E-state index in [1.165, 1.54) is 44.9 Å². The fourth-order valence-corrected chi connectivity index (χ4v) is 4.48. The Labute approximate surface area is 126 Å².